The number of ether oxygens (including phenoxy) is 1. The lowest BCUT2D eigenvalue weighted by Crippen LogP contribution is -2.28. The third-order valence-corrected chi connectivity index (χ3v) is 3.37. The maximum absolute atomic E-state index is 13.3. The minimum atomic E-state index is -0.425. The molecule has 4 heteroatoms. The summed E-state index contributed by atoms with van der Waals surface area (Å²) in [6.45, 7) is 1.95. The molecule has 0 bridgehead atoms. The number of benzene rings is 1. The summed E-state index contributed by atoms with van der Waals surface area (Å²) >= 11 is 5.90. The van der Waals surface area contributed by atoms with Crippen LogP contribution >= 0.6 is 11.6 Å². The number of hydrogen-bond donors (Lipinski definition) is 1. The second kappa shape index (κ2) is 5.02. The fraction of sp³-hybridized carbons (Fsp3) is 0.500. The molecule has 0 saturated carbocycles. The van der Waals surface area contributed by atoms with Crippen LogP contribution in [0.4, 0.5) is 4.39 Å². The summed E-state index contributed by atoms with van der Waals surface area (Å²) in [5.74, 6) is 0.420. The van der Waals surface area contributed by atoms with Crippen LogP contribution in [-0.4, -0.2) is 20.2 Å². The van der Waals surface area contributed by atoms with Gasteiger partial charge in [0, 0.05) is 18.0 Å². The summed E-state index contributed by atoms with van der Waals surface area (Å²) in [7, 11) is 1.53. The van der Waals surface area contributed by atoms with Crippen LogP contribution in [0.1, 0.15) is 24.3 Å². The molecule has 0 radical (unpaired) electrons. The largest absolute Gasteiger partial charge is 0.495 e. The average molecular weight is 244 g/mol. The van der Waals surface area contributed by atoms with Crippen LogP contribution in [0, 0.1) is 5.82 Å². The topological polar surface area (TPSA) is 21.3 Å². The maximum atomic E-state index is 13.3. The zero-order valence-electron chi connectivity index (χ0n) is 9.22. The van der Waals surface area contributed by atoms with Gasteiger partial charge in [-0.1, -0.05) is 17.7 Å². The van der Waals surface area contributed by atoms with Gasteiger partial charge < -0.3 is 10.1 Å². The lowest BCUT2D eigenvalue weighted by molar-refractivity contribution is 0.389. The number of nitrogens with one attached hydrogen (secondary N) is 1. The van der Waals surface area contributed by atoms with E-state index in [2.05, 4.69) is 5.32 Å². The zero-order chi connectivity index (χ0) is 11.5. The molecular formula is C12H15ClFNO. The van der Waals surface area contributed by atoms with Crippen molar-refractivity contribution in [2.24, 2.45) is 0 Å². The number of methoxy groups -OCH3 is 1. The molecule has 0 spiro atoms. The van der Waals surface area contributed by atoms with E-state index in [4.69, 9.17) is 16.3 Å². The second-order valence-corrected chi connectivity index (χ2v) is 4.41. The molecule has 1 N–H and O–H groups in total. The molecule has 1 atom stereocenters. The van der Waals surface area contributed by atoms with Gasteiger partial charge in [0.05, 0.1) is 7.11 Å². The molecule has 1 aromatic carbocycles. The van der Waals surface area contributed by atoms with E-state index in [1.807, 2.05) is 0 Å². The highest BCUT2D eigenvalue weighted by atomic mass is 35.5. The van der Waals surface area contributed by atoms with Gasteiger partial charge in [-0.3, -0.25) is 0 Å². The molecule has 1 aliphatic heterocycles. The smallest absolute Gasteiger partial charge is 0.145 e. The van der Waals surface area contributed by atoms with Crippen LogP contribution in [0.5, 0.6) is 5.75 Å². The van der Waals surface area contributed by atoms with E-state index >= 15 is 0 Å². The molecule has 1 heterocycles. The molecule has 0 aromatic heterocycles. The molecule has 1 aromatic rings. The first kappa shape index (κ1) is 11.7. The monoisotopic (exact) mass is 243 g/mol. The van der Waals surface area contributed by atoms with Crippen LogP contribution in [0.15, 0.2) is 12.1 Å². The van der Waals surface area contributed by atoms with E-state index < -0.39 is 5.82 Å². The van der Waals surface area contributed by atoms with Crippen molar-refractivity contribution in [1.82, 2.24) is 5.32 Å². The fourth-order valence-corrected chi connectivity index (χ4v) is 2.44. The summed E-state index contributed by atoms with van der Waals surface area (Å²) in [6.07, 6.45) is 2.22. The summed E-state index contributed by atoms with van der Waals surface area (Å²) < 4.78 is 18.5. The Morgan fingerprint density at radius 2 is 2.31 bits per heavy atom. The molecule has 2 nitrogen and oxygen atoms in total. The fourth-order valence-electron chi connectivity index (χ4n) is 2.19. The van der Waals surface area contributed by atoms with E-state index in [1.165, 1.54) is 13.2 Å². The second-order valence-electron chi connectivity index (χ2n) is 4.03. The molecule has 88 valence electrons. The van der Waals surface area contributed by atoms with Gasteiger partial charge in [0.1, 0.15) is 16.6 Å². The normalized spacial score (nSPS) is 20.8. The number of halogens is 2. The Labute approximate surface area is 99.7 Å². The highest BCUT2D eigenvalue weighted by Crippen LogP contribution is 2.37. The highest BCUT2D eigenvalue weighted by Gasteiger charge is 2.21. The van der Waals surface area contributed by atoms with Gasteiger partial charge in [-0.2, -0.15) is 0 Å². The molecule has 1 fully saturated rings. The number of piperidine rings is 1. The molecular weight excluding hydrogens is 229 g/mol. The minimum Gasteiger partial charge on any atom is -0.495 e. The minimum absolute atomic E-state index is 0.0885. The molecule has 0 amide bonds. The van der Waals surface area contributed by atoms with Crippen molar-refractivity contribution < 1.29 is 9.13 Å². The van der Waals surface area contributed by atoms with Crippen molar-refractivity contribution in [3.63, 3.8) is 0 Å². The van der Waals surface area contributed by atoms with Gasteiger partial charge in [0.2, 0.25) is 0 Å². The van der Waals surface area contributed by atoms with Crippen LogP contribution in [0.25, 0.3) is 0 Å². The Kier molecular flexibility index (Phi) is 3.66. The van der Waals surface area contributed by atoms with E-state index in [0.717, 1.165) is 31.5 Å². The molecule has 1 aliphatic rings. The Morgan fingerprint density at radius 1 is 1.50 bits per heavy atom. The van der Waals surface area contributed by atoms with Crippen molar-refractivity contribution in [1.29, 1.82) is 0 Å². The van der Waals surface area contributed by atoms with E-state index in [1.54, 1.807) is 6.07 Å². The van der Waals surface area contributed by atoms with Gasteiger partial charge in [-0.15, -0.1) is 0 Å². The van der Waals surface area contributed by atoms with E-state index in [0.29, 0.717) is 11.7 Å². The summed E-state index contributed by atoms with van der Waals surface area (Å²) in [5.41, 5.74) is 1.00. The Balaban J connectivity index is 2.35. The molecule has 1 unspecified atom stereocenters. The molecule has 0 aliphatic carbocycles. The summed E-state index contributed by atoms with van der Waals surface area (Å²) in [4.78, 5) is 0. The SMILES string of the molecule is COc1c(C2CCCNC2)ccc(F)c1Cl. The molecule has 2 rings (SSSR count). The first-order valence-corrected chi connectivity index (χ1v) is 5.84. The van der Waals surface area contributed by atoms with E-state index in [9.17, 15) is 4.39 Å². The van der Waals surface area contributed by atoms with Crippen molar-refractivity contribution in [3.05, 3.63) is 28.5 Å². The summed E-state index contributed by atoms with van der Waals surface area (Å²) in [6, 6.07) is 3.19. The molecule has 16 heavy (non-hydrogen) atoms. The zero-order valence-corrected chi connectivity index (χ0v) is 9.98. The standard InChI is InChI=1S/C12H15ClFNO/c1-16-12-9(4-5-10(14)11(12)13)8-3-2-6-15-7-8/h4-5,8,15H,2-3,6-7H2,1H3. The van der Waals surface area contributed by atoms with E-state index in [-0.39, 0.29) is 5.02 Å². The first-order valence-electron chi connectivity index (χ1n) is 5.46. The van der Waals surface area contributed by atoms with Crippen LogP contribution in [0.3, 0.4) is 0 Å². The van der Waals surface area contributed by atoms with Crippen LogP contribution in [0.2, 0.25) is 5.02 Å². The highest BCUT2D eigenvalue weighted by molar-refractivity contribution is 6.32. The van der Waals surface area contributed by atoms with Gasteiger partial charge in [-0.05, 0) is 25.5 Å². The quantitative estimate of drug-likeness (QED) is 0.862. The third kappa shape index (κ3) is 2.15. The third-order valence-electron chi connectivity index (χ3n) is 3.02. The van der Waals surface area contributed by atoms with Crippen molar-refractivity contribution in [2.75, 3.05) is 20.2 Å². The number of rotatable bonds is 2. The van der Waals surface area contributed by atoms with Crippen LogP contribution < -0.4 is 10.1 Å². The van der Waals surface area contributed by atoms with Crippen molar-refractivity contribution in [2.45, 2.75) is 18.8 Å². The lowest BCUT2D eigenvalue weighted by Gasteiger charge is -2.25. The average Bonchev–Trinajstić information content (AvgIpc) is 2.33. The lowest BCUT2D eigenvalue weighted by atomic mass is 9.91. The van der Waals surface area contributed by atoms with Crippen molar-refractivity contribution in [3.8, 4) is 5.75 Å². The van der Waals surface area contributed by atoms with Gasteiger partial charge in [0.15, 0.2) is 0 Å². The Morgan fingerprint density at radius 3 is 2.94 bits per heavy atom. The number of hydrogen-bond acceptors (Lipinski definition) is 2. The predicted molar refractivity (Wildman–Crippen MR) is 62.8 cm³/mol. The predicted octanol–water partition coefficient (Wildman–Crippen LogP) is 2.95. The van der Waals surface area contributed by atoms with Crippen molar-refractivity contribution >= 4 is 11.6 Å². The maximum Gasteiger partial charge on any atom is 0.145 e. The Bertz CT molecular complexity index is 378. The molecule has 1 saturated heterocycles. The Hall–Kier alpha value is -0.800. The van der Waals surface area contributed by atoms with Crippen LogP contribution in [-0.2, 0) is 0 Å². The van der Waals surface area contributed by atoms with Gasteiger partial charge >= 0.3 is 0 Å². The van der Waals surface area contributed by atoms with Gasteiger partial charge in [0.25, 0.3) is 0 Å². The van der Waals surface area contributed by atoms with Gasteiger partial charge in [-0.25, -0.2) is 4.39 Å². The summed E-state index contributed by atoms with van der Waals surface area (Å²) in [5, 5.41) is 3.41. The first-order chi connectivity index (χ1) is 7.74.